The van der Waals surface area contributed by atoms with Crippen LogP contribution in [0.3, 0.4) is 0 Å². The molecule has 5 rings (SSSR count). The van der Waals surface area contributed by atoms with Gasteiger partial charge in [0.05, 0.1) is 25.2 Å². The van der Waals surface area contributed by atoms with Crippen LogP contribution in [0.2, 0.25) is 0 Å². The first-order valence-electron chi connectivity index (χ1n) is 9.32. The molecule has 0 spiro atoms. The fourth-order valence-corrected chi connectivity index (χ4v) is 3.84. The van der Waals surface area contributed by atoms with Crippen molar-refractivity contribution in [3.8, 4) is 34.3 Å². The summed E-state index contributed by atoms with van der Waals surface area (Å²) in [6.45, 7) is 4.22. The highest BCUT2D eigenvalue weighted by Gasteiger charge is 2.29. The highest BCUT2D eigenvalue weighted by Crippen LogP contribution is 2.44. The van der Waals surface area contributed by atoms with Crippen molar-refractivity contribution in [2.75, 3.05) is 14.2 Å². The van der Waals surface area contributed by atoms with E-state index in [0.29, 0.717) is 33.8 Å². The summed E-state index contributed by atoms with van der Waals surface area (Å²) >= 11 is 0. The molecule has 2 aromatic carbocycles. The number of fused-ring (bicyclic) bond motifs is 6. The average molecular weight is 392 g/mol. The molecule has 3 heterocycles. The minimum absolute atomic E-state index is 0.157. The maximum atomic E-state index is 13.4. The van der Waals surface area contributed by atoms with Gasteiger partial charge in [0, 0.05) is 11.1 Å². The Morgan fingerprint density at radius 1 is 1.07 bits per heavy atom. The second-order valence-electron chi connectivity index (χ2n) is 7.64. The maximum absolute atomic E-state index is 13.4. The van der Waals surface area contributed by atoms with Crippen LogP contribution >= 0.6 is 0 Å². The van der Waals surface area contributed by atoms with E-state index < -0.39 is 5.60 Å². The van der Waals surface area contributed by atoms with E-state index in [-0.39, 0.29) is 18.0 Å². The molecule has 0 saturated carbocycles. The molecule has 0 radical (unpaired) electrons. The highest BCUT2D eigenvalue weighted by atomic mass is 16.6. The quantitative estimate of drug-likeness (QED) is 0.637. The maximum Gasteiger partial charge on any atom is 0.297 e. The number of rotatable bonds is 2. The standard InChI is InChI=1S/C23H20O6/c1-23(2)8-7-13-16(29-23)6-5-14-20(24)19-15-10-18(26-4)17(25-3)9-12(15)11-27-22(19)28-21(13)14/h5-10H,11H2,1-4H3. The van der Waals surface area contributed by atoms with Crippen molar-refractivity contribution in [1.29, 1.82) is 0 Å². The van der Waals surface area contributed by atoms with Crippen LogP contribution in [0.25, 0.3) is 28.2 Å². The lowest BCUT2D eigenvalue weighted by molar-refractivity contribution is 0.159. The second-order valence-corrected chi connectivity index (χ2v) is 7.64. The molecule has 148 valence electrons. The molecule has 2 aliphatic heterocycles. The zero-order valence-electron chi connectivity index (χ0n) is 16.6. The third kappa shape index (κ3) is 2.59. The summed E-state index contributed by atoms with van der Waals surface area (Å²) in [5, 5.41) is 0.474. The van der Waals surface area contributed by atoms with E-state index in [0.717, 1.165) is 16.7 Å². The first-order valence-corrected chi connectivity index (χ1v) is 9.32. The lowest BCUT2D eigenvalue weighted by Crippen LogP contribution is -2.27. The Morgan fingerprint density at radius 2 is 1.83 bits per heavy atom. The normalized spacial score (nSPS) is 15.6. The number of hydrogen-bond acceptors (Lipinski definition) is 6. The topological polar surface area (TPSA) is 67.1 Å². The van der Waals surface area contributed by atoms with Gasteiger partial charge in [-0.2, -0.15) is 0 Å². The molecule has 3 aromatic rings. The van der Waals surface area contributed by atoms with Gasteiger partial charge in [0.2, 0.25) is 5.43 Å². The molecular formula is C23H20O6. The molecule has 0 fully saturated rings. The summed E-state index contributed by atoms with van der Waals surface area (Å²) in [6.07, 6.45) is 3.88. The van der Waals surface area contributed by atoms with Gasteiger partial charge in [0.1, 0.15) is 23.5 Å². The highest BCUT2D eigenvalue weighted by molar-refractivity contribution is 5.93. The van der Waals surface area contributed by atoms with Crippen LogP contribution in [0.15, 0.2) is 39.6 Å². The van der Waals surface area contributed by atoms with Crippen LogP contribution in [-0.4, -0.2) is 19.8 Å². The Balaban J connectivity index is 1.78. The predicted octanol–water partition coefficient (Wildman–Crippen LogP) is 4.55. The van der Waals surface area contributed by atoms with E-state index >= 15 is 0 Å². The molecule has 0 bridgehead atoms. The third-order valence-corrected chi connectivity index (χ3v) is 5.29. The summed E-state index contributed by atoms with van der Waals surface area (Å²) < 4.78 is 28.7. The molecule has 6 heteroatoms. The van der Waals surface area contributed by atoms with Gasteiger partial charge < -0.3 is 23.4 Å². The molecule has 0 unspecified atom stereocenters. The summed E-state index contributed by atoms with van der Waals surface area (Å²) in [5.74, 6) is 2.01. The molecule has 0 N–H and O–H groups in total. The lowest BCUT2D eigenvalue weighted by Gasteiger charge is -2.28. The Morgan fingerprint density at radius 3 is 2.59 bits per heavy atom. The Kier molecular flexibility index (Phi) is 3.68. The zero-order valence-corrected chi connectivity index (χ0v) is 16.6. The molecule has 1 aromatic heterocycles. The second kappa shape index (κ2) is 6.04. The van der Waals surface area contributed by atoms with Gasteiger partial charge >= 0.3 is 0 Å². The van der Waals surface area contributed by atoms with Crippen molar-refractivity contribution in [3.63, 3.8) is 0 Å². The van der Waals surface area contributed by atoms with Crippen molar-refractivity contribution in [3.05, 3.63) is 51.7 Å². The Hall–Kier alpha value is -3.41. The molecule has 0 atom stereocenters. The summed E-state index contributed by atoms with van der Waals surface area (Å²) in [6, 6.07) is 7.17. The van der Waals surface area contributed by atoms with E-state index in [4.69, 9.17) is 23.4 Å². The Labute approximate surface area is 167 Å². The van der Waals surface area contributed by atoms with Crippen molar-refractivity contribution >= 4 is 17.0 Å². The van der Waals surface area contributed by atoms with Gasteiger partial charge in [0.25, 0.3) is 5.95 Å². The summed E-state index contributed by atoms with van der Waals surface area (Å²) in [4.78, 5) is 13.4. The first-order chi connectivity index (χ1) is 13.9. The van der Waals surface area contributed by atoms with Crippen molar-refractivity contribution < 1.29 is 23.4 Å². The molecule has 6 nitrogen and oxygen atoms in total. The fourth-order valence-electron chi connectivity index (χ4n) is 3.84. The van der Waals surface area contributed by atoms with Gasteiger partial charge in [-0.15, -0.1) is 0 Å². The number of benzene rings is 2. The third-order valence-electron chi connectivity index (χ3n) is 5.29. The first kappa shape index (κ1) is 17.7. The predicted molar refractivity (Wildman–Crippen MR) is 109 cm³/mol. The van der Waals surface area contributed by atoms with Crippen molar-refractivity contribution in [2.24, 2.45) is 0 Å². The minimum Gasteiger partial charge on any atom is -0.493 e. The van der Waals surface area contributed by atoms with Gasteiger partial charge in [-0.3, -0.25) is 4.79 Å². The zero-order chi connectivity index (χ0) is 20.3. The molecular weight excluding hydrogens is 372 g/mol. The Bertz CT molecular complexity index is 1250. The van der Waals surface area contributed by atoms with Crippen LogP contribution < -0.4 is 24.4 Å². The van der Waals surface area contributed by atoms with Crippen LogP contribution in [0.4, 0.5) is 0 Å². The molecule has 0 saturated heterocycles. The van der Waals surface area contributed by atoms with Gasteiger partial charge in [-0.25, -0.2) is 0 Å². The van der Waals surface area contributed by atoms with Crippen LogP contribution in [-0.2, 0) is 6.61 Å². The fraction of sp³-hybridized carbons (Fsp3) is 0.261. The summed E-state index contributed by atoms with van der Waals surface area (Å²) in [7, 11) is 3.14. The number of ether oxygens (including phenoxy) is 4. The van der Waals surface area contributed by atoms with Crippen LogP contribution in [0.1, 0.15) is 25.0 Å². The largest absolute Gasteiger partial charge is 0.493 e. The smallest absolute Gasteiger partial charge is 0.297 e. The van der Waals surface area contributed by atoms with E-state index in [2.05, 4.69) is 0 Å². The van der Waals surface area contributed by atoms with Crippen molar-refractivity contribution in [1.82, 2.24) is 0 Å². The summed E-state index contributed by atoms with van der Waals surface area (Å²) in [5.41, 5.74) is 2.58. The number of methoxy groups -OCH3 is 2. The monoisotopic (exact) mass is 392 g/mol. The molecule has 0 aliphatic carbocycles. The van der Waals surface area contributed by atoms with E-state index in [9.17, 15) is 4.79 Å². The molecule has 0 amide bonds. The van der Waals surface area contributed by atoms with Gasteiger partial charge in [-0.1, -0.05) is 0 Å². The van der Waals surface area contributed by atoms with Gasteiger partial charge in [0.15, 0.2) is 17.1 Å². The average Bonchev–Trinajstić information content (AvgIpc) is 2.71. The molecule has 29 heavy (non-hydrogen) atoms. The van der Waals surface area contributed by atoms with Gasteiger partial charge in [-0.05, 0) is 50.3 Å². The molecule has 2 aliphatic rings. The van der Waals surface area contributed by atoms with Crippen LogP contribution in [0.5, 0.6) is 23.2 Å². The van der Waals surface area contributed by atoms with E-state index in [1.807, 2.05) is 38.1 Å². The van der Waals surface area contributed by atoms with Crippen molar-refractivity contribution in [2.45, 2.75) is 26.1 Å². The van der Waals surface area contributed by atoms with E-state index in [1.165, 1.54) is 0 Å². The number of hydrogen-bond donors (Lipinski definition) is 0. The minimum atomic E-state index is -0.416. The van der Waals surface area contributed by atoms with E-state index in [1.54, 1.807) is 26.4 Å². The lowest BCUT2D eigenvalue weighted by atomic mass is 9.95. The van der Waals surface area contributed by atoms with Crippen LogP contribution in [0, 0.1) is 0 Å². The SMILES string of the molecule is COc1cc2c(cc1OC)-c1c(oc3c4c(ccc3c1=O)OC(C)(C)C=C4)OC2.